The number of imide groups is 1. The Balaban J connectivity index is 2.04. The molecule has 0 aliphatic carbocycles. The number of hydrogen-bond donors (Lipinski definition) is 1. The van der Waals surface area contributed by atoms with Crippen molar-refractivity contribution in [2.75, 3.05) is 0 Å². The zero-order chi connectivity index (χ0) is 14.7. The van der Waals surface area contributed by atoms with E-state index < -0.39 is 6.04 Å². The minimum Gasteiger partial charge on any atom is -0.299 e. The summed E-state index contributed by atoms with van der Waals surface area (Å²) in [6.07, 6.45) is 4.48. The number of likely N-dealkylation sites (tertiary alicyclic amines) is 1. The molecule has 2 amide bonds. The van der Waals surface area contributed by atoms with Crippen LogP contribution in [-0.2, 0) is 9.59 Å². The Morgan fingerprint density at radius 3 is 2.60 bits per heavy atom. The lowest BCUT2D eigenvalue weighted by Gasteiger charge is -2.23. The maximum Gasteiger partial charge on any atom is 0.247 e. The van der Waals surface area contributed by atoms with Gasteiger partial charge in [-0.15, -0.1) is 0 Å². The van der Waals surface area contributed by atoms with Gasteiger partial charge in [0.25, 0.3) is 0 Å². The number of amides is 2. The van der Waals surface area contributed by atoms with Crippen LogP contribution in [0, 0.1) is 0 Å². The highest BCUT2D eigenvalue weighted by molar-refractivity contribution is 6.05. The molecule has 5 nitrogen and oxygen atoms in total. The smallest absolute Gasteiger partial charge is 0.247 e. The van der Waals surface area contributed by atoms with Crippen LogP contribution in [-0.4, -0.2) is 33.8 Å². The first-order valence-corrected chi connectivity index (χ1v) is 7.06. The lowest BCUT2D eigenvalue weighted by Crippen LogP contribution is -2.43. The van der Waals surface area contributed by atoms with E-state index in [0.717, 1.165) is 12.0 Å². The molecular formula is C15H21N3O2. The van der Waals surface area contributed by atoms with E-state index in [4.69, 9.17) is 0 Å². The van der Waals surface area contributed by atoms with E-state index in [1.54, 1.807) is 12.4 Å². The van der Waals surface area contributed by atoms with Crippen molar-refractivity contribution >= 4 is 11.8 Å². The maximum atomic E-state index is 12.3. The van der Waals surface area contributed by atoms with Crippen molar-refractivity contribution < 1.29 is 9.59 Å². The Labute approximate surface area is 119 Å². The van der Waals surface area contributed by atoms with Gasteiger partial charge in [-0.2, -0.15) is 0 Å². The van der Waals surface area contributed by atoms with Crippen molar-refractivity contribution in [3.63, 3.8) is 0 Å². The normalized spacial score (nSPS) is 22.1. The molecule has 2 heterocycles. The van der Waals surface area contributed by atoms with E-state index in [0.29, 0.717) is 0 Å². The van der Waals surface area contributed by atoms with Gasteiger partial charge in [-0.25, -0.2) is 0 Å². The van der Waals surface area contributed by atoms with E-state index in [1.165, 1.54) is 4.90 Å². The van der Waals surface area contributed by atoms with Crippen LogP contribution in [0.4, 0.5) is 0 Å². The molecule has 0 bridgehead atoms. The number of carbonyl (C=O) groups excluding carboxylic acids is 2. The van der Waals surface area contributed by atoms with Gasteiger partial charge in [0.2, 0.25) is 11.8 Å². The molecule has 1 N–H and O–H groups in total. The summed E-state index contributed by atoms with van der Waals surface area (Å²) in [7, 11) is 0. The summed E-state index contributed by atoms with van der Waals surface area (Å²) in [5, 5.41) is 3.24. The van der Waals surface area contributed by atoms with Crippen molar-refractivity contribution in [3.05, 3.63) is 30.1 Å². The molecule has 1 aliphatic heterocycles. The Kier molecular flexibility index (Phi) is 4.49. The van der Waals surface area contributed by atoms with Gasteiger partial charge in [0.1, 0.15) is 0 Å². The monoisotopic (exact) mass is 275 g/mol. The molecule has 0 radical (unpaired) electrons. The van der Waals surface area contributed by atoms with E-state index in [-0.39, 0.29) is 30.3 Å². The highest BCUT2D eigenvalue weighted by Crippen LogP contribution is 2.21. The van der Waals surface area contributed by atoms with Crippen molar-refractivity contribution in [1.29, 1.82) is 0 Å². The second-order valence-electron chi connectivity index (χ2n) is 5.28. The third kappa shape index (κ3) is 2.88. The Hall–Kier alpha value is -1.75. The lowest BCUT2D eigenvalue weighted by molar-refractivity contribution is -0.141. The minimum atomic E-state index is -0.417. The van der Waals surface area contributed by atoms with Gasteiger partial charge >= 0.3 is 0 Å². The highest BCUT2D eigenvalue weighted by atomic mass is 16.2. The molecular weight excluding hydrogens is 254 g/mol. The first-order chi connectivity index (χ1) is 9.54. The molecule has 3 unspecified atom stereocenters. The molecule has 1 aromatic rings. The fraction of sp³-hybridized carbons (Fsp3) is 0.533. The highest BCUT2D eigenvalue weighted by Gasteiger charge is 2.40. The molecule has 1 fully saturated rings. The second-order valence-corrected chi connectivity index (χ2v) is 5.28. The van der Waals surface area contributed by atoms with Crippen molar-refractivity contribution in [1.82, 2.24) is 15.2 Å². The summed E-state index contributed by atoms with van der Waals surface area (Å²) in [6, 6.07) is 3.38. The third-order valence-corrected chi connectivity index (χ3v) is 3.87. The number of rotatable bonds is 5. The van der Waals surface area contributed by atoms with Gasteiger partial charge in [-0.05, 0) is 38.0 Å². The molecule has 3 atom stereocenters. The number of hydrogen-bond acceptors (Lipinski definition) is 4. The van der Waals surface area contributed by atoms with Crippen LogP contribution in [0.15, 0.2) is 24.5 Å². The standard InChI is InChI=1S/C15H21N3O2/c1-4-10(2)18-14(19)9-13(15(18)20)17-11(3)12-5-7-16-8-6-12/h5-8,10-11,13,17H,4,9H2,1-3H3. The van der Waals surface area contributed by atoms with E-state index in [2.05, 4.69) is 10.3 Å². The Morgan fingerprint density at radius 1 is 1.35 bits per heavy atom. The predicted molar refractivity (Wildman–Crippen MR) is 75.8 cm³/mol. The second kappa shape index (κ2) is 6.13. The molecule has 20 heavy (non-hydrogen) atoms. The Morgan fingerprint density at radius 2 is 2.00 bits per heavy atom. The molecule has 0 saturated carbocycles. The predicted octanol–water partition coefficient (Wildman–Crippen LogP) is 1.66. The summed E-state index contributed by atoms with van der Waals surface area (Å²) in [6.45, 7) is 5.87. The van der Waals surface area contributed by atoms with Gasteiger partial charge in [0.15, 0.2) is 0 Å². The molecule has 2 rings (SSSR count). The number of carbonyl (C=O) groups is 2. The van der Waals surface area contributed by atoms with Gasteiger partial charge in [0.05, 0.1) is 12.5 Å². The number of nitrogens with zero attached hydrogens (tertiary/aromatic N) is 2. The zero-order valence-electron chi connectivity index (χ0n) is 12.2. The van der Waals surface area contributed by atoms with E-state index >= 15 is 0 Å². The number of nitrogens with one attached hydrogen (secondary N) is 1. The fourth-order valence-electron chi connectivity index (χ4n) is 2.48. The Bertz CT molecular complexity index is 489. The first-order valence-electron chi connectivity index (χ1n) is 7.06. The van der Waals surface area contributed by atoms with Crippen LogP contribution in [0.3, 0.4) is 0 Å². The van der Waals surface area contributed by atoms with Crippen LogP contribution in [0.5, 0.6) is 0 Å². The van der Waals surface area contributed by atoms with Gasteiger partial charge in [-0.1, -0.05) is 6.92 Å². The topological polar surface area (TPSA) is 62.3 Å². The van der Waals surface area contributed by atoms with Gasteiger partial charge in [-0.3, -0.25) is 24.8 Å². The summed E-state index contributed by atoms with van der Waals surface area (Å²) < 4.78 is 0. The van der Waals surface area contributed by atoms with Crippen LogP contribution in [0.25, 0.3) is 0 Å². The molecule has 1 aliphatic rings. The average molecular weight is 275 g/mol. The molecule has 5 heteroatoms. The van der Waals surface area contributed by atoms with Gasteiger partial charge in [0, 0.05) is 24.5 Å². The summed E-state index contributed by atoms with van der Waals surface area (Å²) in [5.41, 5.74) is 1.06. The molecule has 1 aromatic heterocycles. The van der Waals surface area contributed by atoms with Crippen LogP contribution in [0.2, 0.25) is 0 Å². The number of aromatic nitrogens is 1. The van der Waals surface area contributed by atoms with Crippen LogP contribution in [0.1, 0.15) is 45.2 Å². The van der Waals surface area contributed by atoms with E-state index in [9.17, 15) is 9.59 Å². The van der Waals surface area contributed by atoms with Crippen molar-refractivity contribution in [2.45, 2.75) is 51.7 Å². The van der Waals surface area contributed by atoms with Crippen LogP contribution < -0.4 is 5.32 Å². The SMILES string of the molecule is CCC(C)N1C(=O)CC(NC(C)c2ccncc2)C1=O. The first kappa shape index (κ1) is 14.7. The van der Waals surface area contributed by atoms with Gasteiger partial charge < -0.3 is 0 Å². The molecule has 1 saturated heterocycles. The average Bonchev–Trinajstić information content (AvgIpc) is 2.73. The molecule has 108 valence electrons. The lowest BCUT2D eigenvalue weighted by atomic mass is 10.1. The van der Waals surface area contributed by atoms with Crippen LogP contribution >= 0.6 is 0 Å². The zero-order valence-corrected chi connectivity index (χ0v) is 12.2. The summed E-state index contributed by atoms with van der Waals surface area (Å²) >= 11 is 0. The quantitative estimate of drug-likeness (QED) is 0.830. The third-order valence-electron chi connectivity index (χ3n) is 3.87. The fourth-order valence-corrected chi connectivity index (χ4v) is 2.48. The molecule has 0 aromatic carbocycles. The molecule has 0 spiro atoms. The maximum absolute atomic E-state index is 12.3. The summed E-state index contributed by atoms with van der Waals surface area (Å²) in [5.74, 6) is -0.186. The van der Waals surface area contributed by atoms with Crippen molar-refractivity contribution in [2.24, 2.45) is 0 Å². The number of pyridine rings is 1. The van der Waals surface area contributed by atoms with Crippen molar-refractivity contribution in [3.8, 4) is 0 Å². The minimum absolute atomic E-state index is 0.0108. The largest absolute Gasteiger partial charge is 0.299 e. The van der Waals surface area contributed by atoms with E-state index in [1.807, 2.05) is 32.9 Å². The summed E-state index contributed by atoms with van der Waals surface area (Å²) in [4.78, 5) is 29.7.